The number of aryl methyl sites for hydroxylation is 4. The Morgan fingerprint density at radius 1 is 0.675 bits per heavy atom. The third-order valence-electron chi connectivity index (χ3n) is 8.60. The fourth-order valence-corrected chi connectivity index (χ4v) is 6.24. The number of carbonyl (C=O) groups is 1. The molecule has 2 aliphatic heterocycles. The summed E-state index contributed by atoms with van der Waals surface area (Å²) in [6.07, 6.45) is 4.27. The lowest BCUT2D eigenvalue weighted by atomic mass is 9.98. The largest absolute Gasteiger partial charge is 0.481 e. The number of H-pyrrole nitrogens is 2. The van der Waals surface area contributed by atoms with Gasteiger partial charge in [0.05, 0.1) is 22.8 Å². The molecular formula is C34H40N4O2. The van der Waals surface area contributed by atoms with Gasteiger partial charge in [0.1, 0.15) is 0 Å². The number of fused-ring (bicyclic) bond motifs is 8. The number of allylic oxidation sites excluding steroid dienone is 4. The quantitative estimate of drug-likeness (QED) is 0.282. The molecule has 6 nitrogen and oxygen atoms in total. The second-order valence-electron chi connectivity index (χ2n) is 11.0. The third kappa shape index (κ3) is 4.80. The molecule has 0 atom stereocenters. The molecule has 40 heavy (non-hydrogen) atoms. The third-order valence-corrected chi connectivity index (χ3v) is 8.60. The molecule has 3 N–H and O–H groups in total. The van der Waals surface area contributed by atoms with Gasteiger partial charge in [-0.25, -0.2) is 9.97 Å². The average Bonchev–Trinajstić information content (AvgIpc) is 3.57. The molecule has 0 aliphatic carbocycles. The molecule has 3 aromatic heterocycles. The highest BCUT2D eigenvalue weighted by Gasteiger charge is 2.22. The summed E-state index contributed by atoms with van der Waals surface area (Å²) in [4.78, 5) is 29.1. The van der Waals surface area contributed by atoms with Crippen LogP contribution in [0.15, 0.2) is 24.3 Å². The number of hydrogen-bond acceptors (Lipinski definition) is 3. The van der Waals surface area contributed by atoms with E-state index in [1.165, 1.54) is 33.4 Å². The maximum Gasteiger partial charge on any atom is 0.303 e. The van der Waals surface area contributed by atoms with Crippen LogP contribution in [-0.2, 0) is 17.6 Å². The maximum atomic E-state index is 11.5. The standard InChI is InChI=1S/C34H40N4O2/c1-8-11-24-20(6)27-14-26-18(4)22(9-2)30(35-26)15-28-19(5)23(10-3)31(36-28)16-29-21(7)25(12-13-34(39)40)33(38-29)17-32(24)37-27/h14-17,35-36H,8-13H2,1-7H3,(H,39,40). The second-order valence-corrected chi connectivity index (χ2v) is 11.0. The molecule has 0 saturated heterocycles. The van der Waals surface area contributed by atoms with Crippen LogP contribution in [0.4, 0.5) is 0 Å². The predicted molar refractivity (Wildman–Crippen MR) is 166 cm³/mol. The van der Waals surface area contributed by atoms with Crippen molar-refractivity contribution in [1.29, 1.82) is 0 Å². The van der Waals surface area contributed by atoms with E-state index in [0.29, 0.717) is 6.42 Å². The lowest BCUT2D eigenvalue weighted by Crippen LogP contribution is -1.95. The number of aromatic amines is 2. The molecule has 5 rings (SSSR count). The zero-order valence-corrected chi connectivity index (χ0v) is 24.8. The van der Waals surface area contributed by atoms with Crippen molar-refractivity contribution in [1.82, 2.24) is 19.9 Å². The van der Waals surface area contributed by atoms with Gasteiger partial charge in [0.25, 0.3) is 0 Å². The van der Waals surface area contributed by atoms with Crippen molar-refractivity contribution < 1.29 is 9.90 Å². The molecule has 5 heterocycles. The summed E-state index contributed by atoms with van der Waals surface area (Å²) in [6.45, 7) is 15.2. The van der Waals surface area contributed by atoms with Crippen LogP contribution in [0.2, 0.25) is 0 Å². The molecule has 3 aromatic rings. The van der Waals surface area contributed by atoms with Gasteiger partial charge in [0.15, 0.2) is 0 Å². The first-order valence-electron chi connectivity index (χ1n) is 14.5. The van der Waals surface area contributed by atoms with Crippen molar-refractivity contribution in [2.24, 2.45) is 0 Å². The van der Waals surface area contributed by atoms with E-state index in [1.807, 2.05) is 0 Å². The molecule has 6 heteroatoms. The number of nitrogens with zero attached hydrogens (tertiary/aromatic N) is 2. The summed E-state index contributed by atoms with van der Waals surface area (Å²) in [5.74, 6) is -0.804. The van der Waals surface area contributed by atoms with Crippen molar-refractivity contribution in [2.75, 3.05) is 0 Å². The Bertz CT molecular complexity index is 1750. The van der Waals surface area contributed by atoms with E-state index >= 15 is 0 Å². The van der Waals surface area contributed by atoms with Crippen LogP contribution in [0, 0.1) is 13.8 Å². The fourth-order valence-electron chi connectivity index (χ4n) is 6.24. The smallest absolute Gasteiger partial charge is 0.303 e. The van der Waals surface area contributed by atoms with E-state index in [9.17, 15) is 9.90 Å². The van der Waals surface area contributed by atoms with Gasteiger partial charge in [0.2, 0.25) is 0 Å². The van der Waals surface area contributed by atoms with Crippen LogP contribution in [0.5, 0.6) is 0 Å². The molecule has 0 unspecified atom stereocenters. The molecule has 0 radical (unpaired) electrons. The minimum absolute atomic E-state index is 0.0655. The van der Waals surface area contributed by atoms with Gasteiger partial charge in [-0.05, 0) is 122 Å². The number of aromatic nitrogens is 4. The van der Waals surface area contributed by atoms with Gasteiger partial charge >= 0.3 is 5.97 Å². The molecule has 0 saturated carbocycles. The Morgan fingerprint density at radius 3 is 1.65 bits per heavy atom. The summed E-state index contributed by atoms with van der Waals surface area (Å²) in [5, 5.41) is 9.47. The molecule has 0 aromatic carbocycles. The van der Waals surface area contributed by atoms with Crippen molar-refractivity contribution in [3.8, 4) is 0 Å². The van der Waals surface area contributed by atoms with E-state index in [-0.39, 0.29) is 6.42 Å². The number of rotatable bonds is 7. The highest BCUT2D eigenvalue weighted by molar-refractivity contribution is 5.96. The molecule has 0 amide bonds. The minimum atomic E-state index is -0.804. The maximum absolute atomic E-state index is 11.5. The molecule has 2 aliphatic rings. The van der Waals surface area contributed by atoms with E-state index in [2.05, 4.69) is 82.7 Å². The van der Waals surface area contributed by atoms with Gasteiger partial charge in [-0.2, -0.15) is 0 Å². The van der Waals surface area contributed by atoms with Gasteiger partial charge in [0, 0.05) is 28.5 Å². The summed E-state index contributed by atoms with van der Waals surface area (Å²) in [6, 6.07) is 8.63. The number of hydrogen-bond donors (Lipinski definition) is 3. The van der Waals surface area contributed by atoms with Crippen molar-refractivity contribution in [2.45, 2.75) is 87.0 Å². The zero-order chi connectivity index (χ0) is 28.7. The number of aliphatic carboxylic acids is 1. The van der Waals surface area contributed by atoms with Crippen molar-refractivity contribution in [3.05, 3.63) is 69.3 Å². The molecule has 208 valence electrons. The monoisotopic (exact) mass is 536 g/mol. The van der Waals surface area contributed by atoms with E-state index in [0.717, 1.165) is 81.7 Å². The Labute approximate surface area is 236 Å². The first-order chi connectivity index (χ1) is 19.2. The molecule has 0 spiro atoms. The average molecular weight is 537 g/mol. The van der Waals surface area contributed by atoms with Crippen LogP contribution in [0.3, 0.4) is 0 Å². The van der Waals surface area contributed by atoms with Gasteiger partial charge in [-0.15, -0.1) is 0 Å². The van der Waals surface area contributed by atoms with Gasteiger partial charge < -0.3 is 15.1 Å². The summed E-state index contributed by atoms with van der Waals surface area (Å²) in [7, 11) is 0. The van der Waals surface area contributed by atoms with Gasteiger partial charge in [-0.3, -0.25) is 4.79 Å². The Morgan fingerprint density at radius 2 is 1.15 bits per heavy atom. The van der Waals surface area contributed by atoms with Crippen LogP contribution in [0.25, 0.3) is 44.4 Å². The lowest BCUT2D eigenvalue weighted by Gasteiger charge is -2.04. The predicted octanol–water partition coefficient (Wildman–Crippen LogP) is 8.58. The van der Waals surface area contributed by atoms with Crippen molar-refractivity contribution in [3.63, 3.8) is 0 Å². The number of carboxylic acids is 1. The molecular weight excluding hydrogens is 496 g/mol. The molecule has 0 fully saturated rings. The van der Waals surface area contributed by atoms with Crippen LogP contribution in [-0.4, -0.2) is 31.0 Å². The summed E-state index contributed by atoms with van der Waals surface area (Å²) in [5.41, 5.74) is 17.5. The van der Waals surface area contributed by atoms with E-state index < -0.39 is 5.97 Å². The van der Waals surface area contributed by atoms with E-state index in [4.69, 9.17) is 9.97 Å². The SMILES string of the molecule is CCCC1=C(C)c2cc3[nH]c(cc4[nH]c(cc5nc(cc1n2)C(CCC(=O)O)=C5C)c(CC)c4C)c(CC)c3C. The topological polar surface area (TPSA) is 94.7 Å². The normalized spacial score (nSPS) is 13.5. The fraction of sp³-hybridized carbons (Fsp3) is 0.382. The number of carboxylic acid groups (broad SMARTS) is 1. The molecule has 8 bridgehead atoms. The Balaban J connectivity index is 1.94. The minimum Gasteiger partial charge on any atom is -0.481 e. The van der Waals surface area contributed by atoms with Crippen LogP contribution in [0.1, 0.15) is 105 Å². The first-order valence-corrected chi connectivity index (χ1v) is 14.5. The van der Waals surface area contributed by atoms with E-state index in [1.54, 1.807) is 0 Å². The summed E-state index contributed by atoms with van der Waals surface area (Å²) < 4.78 is 0. The lowest BCUT2D eigenvalue weighted by molar-refractivity contribution is -0.136. The highest BCUT2D eigenvalue weighted by Crippen LogP contribution is 2.38. The zero-order valence-electron chi connectivity index (χ0n) is 24.8. The highest BCUT2D eigenvalue weighted by atomic mass is 16.4. The Kier molecular flexibility index (Phi) is 7.54. The Hall–Kier alpha value is -3.93. The van der Waals surface area contributed by atoms with Crippen LogP contribution >= 0.6 is 0 Å². The summed E-state index contributed by atoms with van der Waals surface area (Å²) >= 11 is 0. The van der Waals surface area contributed by atoms with Crippen molar-refractivity contribution >= 4 is 50.3 Å². The van der Waals surface area contributed by atoms with Gasteiger partial charge in [-0.1, -0.05) is 27.2 Å². The first kappa shape index (κ1) is 27.6. The number of nitrogens with one attached hydrogen (secondary N) is 2. The second kappa shape index (κ2) is 10.9. The van der Waals surface area contributed by atoms with Crippen LogP contribution < -0.4 is 0 Å².